The third kappa shape index (κ3) is 6.71. The Labute approximate surface area is 185 Å². The molecular formula is C23H24N4O5. The topological polar surface area (TPSA) is 122 Å². The minimum Gasteiger partial charge on any atom is -0.459 e. The molecule has 0 atom stereocenters. The van der Waals surface area contributed by atoms with E-state index in [0.717, 1.165) is 0 Å². The third-order valence-corrected chi connectivity index (χ3v) is 4.34. The number of carbonyl (C=O) groups is 3. The number of anilines is 3. The number of amides is 3. The molecule has 0 saturated heterocycles. The zero-order chi connectivity index (χ0) is 22.8. The first-order valence-electron chi connectivity index (χ1n) is 9.91. The molecule has 9 nitrogen and oxygen atoms in total. The average molecular weight is 436 g/mol. The van der Waals surface area contributed by atoms with E-state index in [1.807, 2.05) is 0 Å². The van der Waals surface area contributed by atoms with Crippen LogP contribution < -0.4 is 21.3 Å². The number of rotatable bonds is 10. The van der Waals surface area contributed by atoms with Crippen molar-refractivity contribution in [2.24, 2.45) is 0 Å². The maximum Gasteiger partial charge on any atom is 0.291 e. The zero-order valence-electron chi connectivity index (χ0n) is 17.5. The van der Waals surface area contributed by atoms with Crippen molar-refractivity contribution in [2.45, 2.75) is 0 Å². The summed E-state index contributed by atoms with van der Waals surface area (Å²) < 4.78 is 9.96. The van der Waals surface area contributed by atoms with Gasteiger partial charge in [0.25, 0.3) is 11.8 Å². The molecule has 0 unspecified atom stereocenters. The molecule has 0 bridgehead atoms. The van der Waals surface area contributed by atoms with Crippen molar-refractivity contribution >= 4 is 34.8 Å². The minimum atomic E-state index is -0.360. The lowest BCUT2D eigenvalue weighted by atomic mass is 10.2. The highest BCUT2D eigenvalue weighted by Crippen LogP contribution is 2.16. The SMILES string of the molecule is COCCNC(=O)c1ccc(NC(=O)CNc2cccc(NC(=O)c3ccco3)c2)cc1. The van der Waals surface area contributed by atoms with Gasteiger partial charge in [-0.25, -0.2) is 0 Å². The van der Waals surface area contributed by atoms with Gasteiger partial charge in [0, 0.05) is 36.3 Å². The number of hydrogen-bond acceptors (Lipinski definition) is 6. The molecule has 2 aromatic carbocycles. The van der Waals surface area contributed by atoms with Crippen molar-refractivity contribution in [3.05, 3.63) is 78.3 Å². The molecule has 0 saturated carbocycles. The lowest BCUT2D eigenvalue weighted by molar-refractivity contribution is -0.114. The first-order valence-corrected chi connectivity index (χ1v) is 9.91. The molecule has 0 aliphatic carbocycles. The fourth-order valence-corrected chi connectivity index (χ4v) is 2.77. The smallest absolute Gasteiger partial charge is 0.291 e. The van der Waals surface area contributed by atoms with Gasteiger partial charge in [-0.3, -0.25) is 14.4 Å². The molecular weight excluding hydrogens is 412 g/mol. The molecule has 3 amide bonds. The monoisotopic (exact) mass is 436 g/mol. The van der Waals surface area contributed by atoms with Gasteiger partial charge in [-0.05, 0) is 54.6 Å². The Bertz CT molecular complexity index is 1050. The summed E-state index contributed by atoms with van der Waals surface area (Å²) in [5.74, 6) is -0.616. The quantitative estimate of drug-likeness (QED) is 0.363. The van der Waals surface area contributed by atoms with Crippen LogP contribution >= 0.6 is 0 Å². The highest BCUT2D eigenvalue weighted by atomic mass is 16.5. The fourth-order valence-electron chi connectivity index (χ4n) is 2.77. The fraction of sp³-hybridized carbons (Fsp3) is 0.174. The normalized spacial score (nSPS) is 10.3. The van der Waals surface area contributed by atoms with E-state index >= 15 is 0 Å². The molecule has 0 spiro atoms. The zero-order valence-corrected chi connectivity index (χ0v) is 17.5. The van der Waals surface area contributed by atoms with Gasteiger partial charge < -0.3 is 30.4 Å². The van der Waals surface area contributed by atoms with E-state index in [1.165, 1.54) is 6.26 Å². The predicted octanol–water partition coefficient (Wildman–Crippen LogP) is 2.96. The number of nitrogens with one attached hydrogen (secondary N) is 4. The number of carbonyl (C=O) groups excluding carboxylic acids is 3. The summed E-state index contributed by atoms with van der Waals surface area (Å²) in [5.41, 5.74) is 2.30. The van der Waals surface area contributed by atoms with E-state index in [9.17, 15) is 14.4 Å². The highest BCUT2D eigenvalue weighted by Gasteiger charge is 2.10. The number of furan rings is 1. The first kappa shape index (κ1) is 22.6. The number of hydrogen-bond donors (Lipinski definition) is 4. The minimum absolute atomic E-state index is 0.0227. The van der Waals surface area contributed by atoms with Gasteiger partial charge in [-0.15, -0.1) is 0 Å². The van der Waals surface area contributed by atoms with Crippen molar-refractivity contribution in [3.63, 3.8) is 0 Å². The van der Waals surface area contributed by atoms with E-state index in [0.29, 0.717) is 35.8 Å². The van der Waals surface area contributed by atoms with Gasteiger partial charge >= 0.3 is 0 Å². The maximum absolute atomic E-state index is 12.2. The summed E-state index contributed by atoms with van der Waals surface area (Å²) in [5, 5.41) is 11.2. The number of methoxy groups -OCH3 is 1. The van der Waals surface area contributed by atoms with Crippen LogP contribution in [0.1, 0.15) is 20.9 Å². The van der Waals surface area contributed by atoms with Crippen molar-refractivity contribution < 1.29 is 23.5 Å². The molecule has 166 valence electrons. The van der Waals surface area contributed by atoms with Crippen LogP contribution in [0.5, 0.6) is 0 Å². The van der Waals surface area contributed by atoms with Gasteiger partial charge in [-0.1, -0.05) is 6.07 Å². The van der Waals surface area contributed by atoms with E-state index in [1.54, 1.807) is 67.8 Å². The average Bonchev–Trinajstić information content (AvgIpc) is 3.34. The summed E-state index contributed by atoms with van der Waals surface area (Å²) in [6, 6.07) is 16.8. The lowest BCUT2D eigenvalue weighted by Gasteiger charge is -2.10. The van der Waals surface area contributed by atoms with Gasteiger partial charge in [0.15, 0.2) is 5.76 Å². The van der Waals surface area contributed by atoms with Gasteiger partial charge in [0.05, 0.1) is 19.4 Å². The van der Waals surface area contributed by atoms with Crippen molar-refractivity contribution in [3.8, 4) is 0 Å². The Morgan fingerprint density at radius 1 is 0.875 bits per heavy atom. The Kier molecular flexibility index (Phi) is 7.99. The van der Waals surface area contributed by atoms with Gasteiger partial charge in [0.1, 0.15) is 0 Å². The highest BCUT2D eigenvalue weighted by molar-refractivity contribution is 6.02. The van der Waals surface area contributed by atoms with Crippen LogP contribution in [-0.4, -0.2) is 44.5 Å². The molecule has 4 N–H and O–H groups in total. The van der Waals surface area contributed by atoms with E-state index in [-0.39, 0.29) is 30.0 Å². The molecule has 3 rings (SSSR count). The van der Waals surface area contributed by atoms with Crippen LogP contribution in [0.3, 0.4) is 0 Å². The van der Waals surface area contributed by atoms with E-state index in [4.69, 9.17) is 9.15 Å². The predicted molar refractivity (Wildman–Crippen MR) is 121 cm³/mol. The Balaban J connectivity index is 1.47. The van der Waals surface area contributed by atoms with E-state index in [2.05, 4.69) is 21.3 Å². The van der Waals surface area contributed by atoms with Crippen LogP contribution in [0.4, 0.5) is 17.1 Å². The molecule has 32 heavy (non-hydrogen) atoms. The number of ether oxygens (including phenoxy) is 1. The first-order chi connectivity index (χ1) is 15.5. The second kappa shape index (κ2) is 11.3. The standard InChI is InChI=1S/C23H24N4O5/c1-31-13-11-24-22(29)16-7-9-17(10-8-16)26-21(28)15-25-18-4-2-5-19(14-18)27-23(30)20-6-3-12-32-20/h2-10,12,14,25H,11,13,15H2,1H3,(H,24,29)(H,26,28)(H,27,30). The molecule has 9 heteroatoms. The number of benzene rings is 2. The summed E-state index contributed by atoms with van der Waals surface area (Å²) in [4.78, 5) is 36.3. The second-order valence-corrected chi connectivity index (χ2v) is 6.74. The third-order valence-electron chi connectivity index (χ3n) is 4.34. The maximum atomic E-state index is 12.2. The summed E-state index contributed by atoms with van der Waals surface area (Å²) in [7, 11) is 1.57. The van der Waals surface area contributed by atoms with Crippen LogP contribution in [0.2, 0.25) is 0 Å². The van der Waals surface area contributed by atoms with Crippen LogP contribution in [0, 0.1) is 0 Å². The van der Waals surface area contributed by atoms with Crippen LogP contribution in [-0.2, 0) is 9.53 Å². The largest absolute Gasteiger partial charge is 0.459 e. The molecule has 1 heterocycles. The van der Waals surface area contributed by atoms with Gasteiger partial charge in [-0.2, -0.15) is 0 Å². The molecule has 0 aliphatic rings. The molecule has 1 aromatic heterocycles. The van der Waals surface area contributed by atoms with Crippen LogP contribution in [0.25, 0.3) is 0 Å². The van der Waals surface area contributed by atoms with Crippen LogP contribution in [0.15, 0.2) is 71.3 Å². The molecule has 0 radical (unpaired) electrons. The molecule has 3 aromatic rings. The Morgan fingerprint density at radius 3 is 2.38 bits per heavy atom. The Morgan fingerprint density at radius 2 is 1.66 bits per heavy atom. The van der Waals surface area contributed by atoms with Crippen molar-refractivity contribution in [2.75, 3.05) is 42.8 Å². The summed E-state index contributed by atoms with van der Waals surface area (Å²) in [6.45, 7) is 0.883. The molecule has 0 aliphatic heterocycles. The summed E-state index contributed by atoms with van der Waals surface area (Å²) in [6.07, 6.45) is 1.43. The van der Waals surface area contributed by atoms with Crippen molar-refractivity contribution in [1.82, 2.24) is 5.32 Å². The van der Waals surface area contributed by atoms with Crippen molar-refractivity contribution in [1.29, 1.82) is 0 Å². The summed E-state index contributed by atoms with van der Waals surface area (Å²) >= 11 is 0. The molecule has 0 fully saturated rings. The van der Waals surface area contributed by atoms with Gasteiger partial charge in [0.2, 0.25) is 5.91 Å². The van der Waals surface area contributed by atoms with E-state index < -0.39 is 0 Å². The Hall–Kier alpha value is -4.11. The lowest BCUT2D eigenvalue weighted by Crippen LogP contribution is -2.27. The second-order valence-electron chi connectivity index (χ2n) is 6.74.